The standard InChI is InChI=1S/C11H17N3O4/c1-11(2)9(16)12-8(15)7-14(11)10(17)13-3-5-18-6-4-13/h3-7H2,1-2H3,(H,12,15,16). The van der Waals surface area contributed by atoms with Gasteiger partial charge in [-0.15, -0.1) is 0 Å². The van der Waals surface area contributed by atoms with Gasteiger partial charge in [-0.25, -0.2) is 4.79 Å². The Morgan fingerprint density at radius 2 is 1.89 bits per heavy atom. The van der Waals surface area contributed by atoms with Gasteiger partial charge in [0.2, 0.25) is 5.91 Å². The van der Waals surface area contributed by atoms with Gasteiger partial charge in [0.05, 0.1) is 13.2 Å². The first kappa shape index (κ1) is 12.8. The number of nitrogens with zero attached hydrogens (tertiary/aromatic N) is 2. The van der Waals surface area contributed by atoms with E-state index in [1.165, 1.54) is 4.90 Å². The van der Waals surface area contributed by atoms with Crippen LogP contribution in [0.4, 0.5) is 4.79 Å². The van der Waals surface area contributed by atoms with Gasteiger partial charge >= 0.3 is 6.03 Å². The van der Waals surface area contributed by atoms with Crippen LogP contribution in [-0.4, -0.2) is 66.0 Å². The Labute approximate surface area is 105 Å². The number of morpholine rings is 1. The zero-order chi connectivity index (χ0) is 13.3. The molecule has 4 amide bonds. The third-order valence-electron chi connectivity index (χ3n) is 3.30. The fraction of sp³-hybridized carbons (Fsp3) is 0.727. The molecule has 0 aromatic heterocycles. The van der Waals surface area contributed by atoms with Crippen LogP contribution in [0.5, 0.6) is 0 Å². The highest BCUT2D eigenvalue weighted by atomic mass is 16.5. The number of hydrogen-bond acceptors (Lipinski definition) is 4. The monoisotopic (exact) mass is 255 g/mol. The summed E-state index contributed by atoms with van der Waals surface area (Å²) in [5.74, 6) is -0.888. The third kappa shape index (κ3) is 2.17. The Morgan fingerprint density at radius 1 is 1.28 bits per heavy atom. The average molecular weight is 255 g/mol. The van der Waals surface area contributed by atoms with Crippen molar-refractivity contribution in [2.24, 2.45) is 0 Å². The lowest BCUT2D eigenvalue weighted by Crippen LogP contribution is -2.67. The van der Waals surface area contributed by atoms with E-state index >= 15 is 0 Å². The van der Waals surface area contributed by atoms with Crippen LogP contribution in [-0.2, 0) is 14.3 Å². The SMILES string of the molecule is CC1(C)C(=O)NC(=O)CN1C(=O)N1CCOCC1. The molecular formula is C11H17N3O4. The first-order valence-corrected chi connectivity index (χ1v) is 5.91. The quantitative estimate of drug-likeness (QED) is 0.573. The number of carbonyl (C=O) groups is 3. The predicted molar refractivity (Wildman–Crippen MR) is 61.7 cm³/mol. The van der Waals surface area contributed by atoms with E-state index in [-0.39, 0.29) is 12.6 Å². The van der Waals surface area contributed by atoms with Crippen LogP contribution in [0.1, 0.15) is 13.8 Å². The van der Waals surface area contributed by atoms with Crippen molar-refractivity contribution >= 4 is 17.8 Å². The van der Waals surface area contributed by atoms with Gasteiger partial charge in [-0.05, 0) is 13.8 Å². The number of imide groups is 1. The molecule has 0 unspecified atom stereocenters. The molecule has 0 bridgehead atoms. The summed E-state index contributed by atoms with van der Waals surface area (Å²) in [7, 11) is 0. The minimum absolute atomic E-state index is 0.0884. The summed E-state index contributed by atoms with van der Waals surface area (Å²) >= 11 is 0. The van der Waals surface area contributed by atoms with Crippen LogP contribution in [0.15, 0.2) is 0 Å². The Bertz CT molecular complexity index is 388. The van der Waals surface area contributed by atoms with E-state index in [2.05, 4.69) is 5.32 Å². The number of amides is 4. The van der Waals surface area contributed by atoms with Crippen LogP contribution < -0.4 is 5.32 Å². The molecule has 7 nitrogen and oxygen atoms in total. The molecule has 0 radical (unpaired) electrons. The number of hydrogen-bond donors (Lipinski definition) is 1. The molecule has 2 fully saturated rings. The molecule has 0 atom stereocenters. The zero-order valence-electron chi connectivity index (χ0n) is 10.6. The predicted octanol–water partition coefficient (Wildman–Crippen LogP) is -0.824. The maximum Gasteiger partial charge on any atom is 0.321 e. The molecule has 2 saturated heterocycles. The summed E-state index contributed by atoms with van der Waals surface area (Å²) in [6.45, 7) is 5.12. The van der Waals surface area contributed by atoms with E-state index in [1.807, 2.05) is 0 Å². The molecule has 2 rings (SSSR count). The normalized spacial score (nSPS) is 23.9. The van der Waals surface area contributed by atoms with Gasteiger partial charge in [0.25, 0.3) is 5.91 Å². The molecule has 0 saturated carbocycles. The second-order valence-corrected chi connectivity index (χ2v) is 4.90. The van der Waals surface area contributed by atoms with Crippen molar-refractivity contribution in [3.63, 3.8) is 0 Å². The lowest BCUT2D eigenvalue weighted by molar-refractivity contribution is -0.143. The fourth-order valence-electron chi connectivity index (χ4n) is 2.02. The number of nitrogens with one attached hydrogen (secondary N) is 1. The molecule has 0 aromatic carbocycles. The minimum Gasteiger partial charge on any atom is -0.378 e. The molecule has 2 aliphatic rings. The van der Waals surface area contributed by atoms with E-state index in [1.54, 1.807) is 18.7 Å². The van der Waals surface area contributed by atoms with Crippen molar-refractivity contribution in [1.29, 1.82) is 0 Å². The molecule has 18 heavy (non-hydrogen) atoms. The topological polar surface area (TPSA) is 79.0 Å². The second-order valence-electron chi connectivity index (χ2n) is 4.90. The van der Waals surface area contributed by atoms with E-state index in [0.717, 1.165) is 0 Å². The van der Waals surface area contributed by atoms with Gasteiger partial charge in [-0.3, -0.25) is 14.9 Å². The van der Waals surface area contributed by atoms with Crippen molar-refractivity contribution in [3.05, 3.63) is 0 Å². The number of urea groups is 1. The maximum atomic E-state index is 12.3. The smallest absolute Gasteiger partial charge is 0.321 e. The van der Waals surface area contributed by atoms with Crippen LogP contribution in [0.3, 0.4) is 0 Å². The summed E-state index contributed by atoms with van der Waals surface area (Å²) < 4.78 is 5.17. The van der Waals surface area contributed by atoms with Crippen molar-refractivity contribution < 1.29 is 19.1 Å². The van der Waals surface area contributed by atoms with E-state index < -0.39 is 17.4 Å². The molecule has 100 valence electrons. The number of rotatable bonds is 0. The summed E-state index contributed by atoms with van der Waals surface area (Å²) in [5.41, 5.74) is -1.01. The lowest BCUT2D eigenvalue weighted by atomic mass is 9.99. The van der Waals surface area contributed by atoms with Crippen LogP contribution in [0.25, 0.3) is 0 Å². The van der Waals surface area contributed by atoms with Crippen LogP contribution in [0.2, 0.25) is 0 Å². The Hall–Kier alpha value is -1.63. The van der Waals surface area contributed by atoms with Gasteiger partial charge in [0.1, 0.15) is 12.1 Å². The summed E-state index contributed by atoms with van der Waals surface area (Å²) in [6, 6.07) is -0.286. The Kier molecular flexibility index (Phi) is 3.25. The number of carbonyl (C=O) groups excluding carboxylic acids is 3. The highest BCUT2D eigenvalue weighted by Crippen LogP contribution is 2.20. The summed E-state index contributed by atoms with van der Waals surface area (Å²) in [6.07, 6.45) is 0. The molecular weight excluding hydrogens is 238 g/mol. The van der Waals surface area contributed by atoms with E-state index in [0.29, 0.717) is 26.3 Å². The van der Waals surface area contributed by atoms with Gasteiger partial charge in [0.15, 0.2) is 0 Å². The minimum atomic E-state index is -1.01. The van der Waals surface area contributed by atoms with Gasteiger partial charge < -0.3 is 14.5 Å². The van der Waals surface area contributed by atoms with Gasteiger partial charge in [0, 0.05) is 13.1 Å². The molecule has 2 aliphatic heterocycles. The highest BCUT2D eigenvalue weighted by Gasteiger charge is 2.44. The van der Waals surface area contributed by atoms with Crippen LogP contribution >= 0.6 is 0 Å². The zero-order valence-corrected chi connectivity index (χ0v) is 10.6. The van der Waals surface area contributed by atoms with E-state index in [9.17, 15) is 14.4 Å². The number of ether oxygens (including phenoxy) is 1. The van der Waals surface area contributed by atoms with E-state index in [4.69, 9.17) is 4.74 Å². The van der Waals surface area contributed by atoms with Crippen molar-refractivity contribution in [2.75, 3.05) is 32.8 Å². The van der Waals surface area contributed by atoms with Gasteiger partial charge in [-0.1, -0.05) is 0 Å². The first-order chi connectivity index (χ1) is 8.43. The Balaban J connectivity index is 2.16. The maximum absolute atomic E-state index is 12.3. The summed E-state index contributed by atoms with van der Waals surface area (Å²) in [5, 5.41) is 2.24. The van der Waals surface area contributed by atoms with Crippen molar-refractivity contribution in [3.8, 4) is 0 Å². The third-order valence-corrected chi connectivity index (χ3v) is 3.30. The second kappa shape index (κ2) is 4.56. The largest absolute Gasteiger partial charge is 0.378 e. The Morgan fingerprint density at radius 3 is 2.50 bits per heavy atom. The fourth-order valence-corrected chi connectivity index (χ4v) is 2.02. The molecule has 7 heteroatoms. The molecule has 0 aromatic rings. The van der Waals surface area contributed by atoms with Crippen molar-refractivity contribution in [1.82, 2.24) is 15.1 Å². The number of piperazine rings is 1. The summed E-state index contributed by atoms with van der Waals surface area (Å²) in [4.78, 5) is 38.4. The van der Waals surface area contributed by atoms with Crippen molar-refractivity contribution in [2.45, 2.75) is 19.4 Å². The average Bonchev–Trinajstić information content (AvgIpc) is 2.34. The molecule has 2 heterocycles. The highest BCUT2D eigenvalue weighted by molar-refractivity contribution is 6.05. The molecule has 0 aliphatic carbocycles. The molecule has 0 spiro atoms. The first-order valence-electron chi connectivity index (χ1n) is 5.91. The lowest BCUT2D eigenvalue weighted by Gasteiger charge is -2.43. The molecule has 1 N–H and O–H groups in total. The van der Waals surface area contributed by atoms with Gasteiger partial charge in [-0.2, -0.15) is 0 Å². The van der Waals surface area contributed by atoms with Crippen LogP contribution in [0, 0.1) is 0 Å².